The van der Waals surface area contributed by atoms with Crippen LogP contribution in [0, 0.1) is 0 Å². The van der Waals surface area contributed by atoms with Crippen LogP contribution in [-0.4, -0.2) is 29.8 Å². The number of fused-ring (bicyclic) bond motifs is 1. The van der Waals surface area contributed by atoms with E-state index in [-0.39, 0.29) is 24.9 Å². The van der Waals surface area contributed by atoms with Gasteiger partial charge in [0.25, 0.3) is 0 Å². The second kappa shape index (κ2) is 6.70. The molecule has 2 rings (SSSR count). The third-order valence-electron chi connectivity index (χ3n) is 3.99. The first-order chi connectivity index (χ1) is 10.1. The Labute approximate surface area is 126 Å². The first-order valence-electron chi connectivity index (χ1n) is 7.55. The third-order valence-corrected chi connectivity index (χ3v) is 3.99. The van der Waals surface area contributed by atoms with Gasteiger partial charge >= 0.3 is 6.03 Å². The van der Waals surface area contributed by atoms with Crippen molar-refractivity contribution in [3.8, 4) is 11.5 Å². The van der Waals surface area contributed by atoms with Crippen molar-refractivity contribution in [3.05, 3.63) is 18.2 Å². The Balaban J connectivity index is 2.11. The van der Waals surface area contributed by atoms with Crippen LogP contribution in [0.25, 0.3) is 0 Å². The van der Waals surface area contributed by atoms with Gasteiger partial charge in [0.2, 0.25) is 6.79 Å². The molecule has 0 fully saturated rings. The van der Waals surface area contributed by atoms with E-state index in [0.29, 0.717) is 11.5 Å². The smallest absolute Gasteiger partial charge is 0.322 e. The van der Waals surface area contributed by atoms with Crippen LogP contribution >= 0.6 is 0 Å². The first-order valence-corrected chi connectivity index (χ1v) is 7.55. The van der Waals surface area contributed by atoms with Crippen molar-refractivity contribution in [3.63, 3.8) is 0 Å². The monoisotopic (exact) mass is 292 g/mol. The van der Waals surface area contributed by atoms with E-state index in [1.54, 1.807) is 6.07 Å². The Morgan fingerprint density at radius 2 is 1.81 bits per heavy atom. The summed E-state index contributed by atoms with van der Waals surface area (Å²) in [5.74, 6) is 1.39. The number of anilines is 1. The van der Waals surface area contributed by atoms with E-state index >= 15 is 0 Å². The van der Waals surface area contributed by atoms with Gasteiger partial charge in [0, 0.05) is 23.8 Å². The molecule has 0 aromatic heterocycles. The topological polar surface area (TPSA) is 50.8 Å². The number of rotatable bonds is 5. The van der Waals surface area contributed by atoms with Crippen LogP contribution in [0.2, 0.25) is 0 Å². The number of hydrogen-bond acceptors (Lipinski definition) is 3. The number of amides is 2. The molecule has 5 heteroatoms. The fourth-order valence-electron chi connectivity index (χ4n) is 2.39. The summed E-state index contributed by atoms with van der Waals surface area (Å²) in [6.07, 6.45) is 1.86. The van der Waals surface area contributed by atoms with E-state index in [2.05, 4.69) is 33.0 Å². The second-order valence-electron chi connectivity index (χ2n) is 5.42. The zero-order chi connectivity index (χ0) is 15.4. The number of benzene rings is 1. The number of nitrogens with zero attached hydrogens (tertiary/aromatic N) is 1. The largest absolute Gasteiger partial charge is 0.454 e. The Kier molecular flexibility index (Phi) is 4.94. The summed E-state index contributed by atoms with van der Waals surface area (Å²) in [5.41, 5.74) is 0.723. The predicted octanol–water partition coefficient (Wildman–Crippen LogP) is 3.85. The number of hydrogen-bond donors (Lipinski definition) is 1. The van der Waals surface area contributed by atoms with Crippen LogP contribution in [-0.2, 0) is 0 Å². The van der Waals surface area contributed by atoms with Gasteiger partial charge in [-0.15, -0.1) is 0 Å². The molecule has 1 N–H and O–H groups in total. The van der Waals surface area contributed by atoms with Crippen molar-refractivity contribution < 1.29 is 14.3 Å². The van der Waals surface area contributed by atoms with Crippen LogP contribution in [0.4, 0.5) is 10.5 Å². The highest BCUT2D eigenvalue weighted by Crippen LogP contribution is 2.34. The summed E-state index contributed by atoms with van der Waals surface area (Å²) >= 11 is 0. The lowest BCUT2D eigenvalue weighted by molar-refractivity contribution is 0.163. The molecule has 0 saturated heterocycles. The van der Waals surface area contributed by atoms with Crippen molar-refractivity contribution in [2.45, 2.75) is 52.6 Å². The molecule has 0 spiro atoms. The van der Waals surface area contributed by atoms with Crippen molar-refractivity contribution in [1.82, 2.24) is 4.90 Å². The van der Waals surface area contributed by atoms with Crippen LogP contribution < -0.4 is 14.8 Å². The molecule has 0 saturated carbocycles. The maximum atomic E-state index is 12.6. The molecule has 1 aromatic carbocycles. The summed E-state index contributed by atoms with van der Waals surface area (Å²) < 4.78 is 10.6. The number of ether oxygens (including phenoxy) is 2. The van der Waals surface area contributed by atoms with Crippen molar-refractivity contribution in [1.29, 1.82) is 0 Å². The van der Waals surface area contributed by atoms with Crippen LogP contribution in [0.15, 0.2) is 18.2 Å². The average molecular weight is 292 g/mol. The van der Waals surface area contributed by atoms with Crippen molar-refractivity contribution in [2.24, 2.45) is 0 Å². The zero-order valence-corrected chi connectivity index (χ0v) is 13.2. The Morgan fingerprint density at radius 3 is 2.43 bits per heavy atom. The molecule has 116 valence electrons. The molecule has 2 atom stereocenters. The average Bonchev–Trinajstić information content (AvgIpc) is 2.94. The Hall–Kier alpha value is -1.91. The highest BCUT2D eigenvalue weighted by atomic mass is 16.7. The summed E-state index contributed by atoms with van der Waals surface area (Å²) in [5, 5.41) is 2.95. The summed E-state index contributed by atoms with van der Waals surface area (Å²) in [6, 6.07) is 5.78. The van der Waals surface area contributed by atoms with Gasteiger partial charge in [-0.1, -0.05) is 13.8 Å². The minimum atomic E-state index is -0.0717. The highest BCUT2D eigenvalue weighted by molar-refractivity contribution is 5.90. The van der Waals surface area contributed by atoms with Crippen LogP contribution in [0.5, 0.6) is 11.5 Å². The van der Waals surface area contributed by atoms with Gasteiger partial charge in [0.05, 0.1) is 0 Å². The number of carbonyl (C=O) groups is 1. The third kappa shape index (κ3) is 3.40. The zero-order valence-electron chi connectivity index (χ0n) is 13.2. The lowest BCUT2D eigenvalue weighted by atomic mass is 10.1. The molecule has 1 aliphatic heterocycles. The van der Waals surface area contributed by atoms with Gasteiger partial charge in [-0.3, -0.25) is 0 Å². The van der Waals surface area contributed by atoms with E-state index < -0.39 is 0 Å². The standard InChI is InChI=1S/C16H24N2O3/c1-5-11(3)18(12(4)6-2)16(19)17-13-7-8-14-15(9-13)21-10-20-14/h7-9,11-12H,5-6,10H2,1-4H3,(H,17,19). The van der Waals surface area contributed by atoms with Crippen molar-refractivity contribution in [2.75, 3.05) is 12.1 Å². The predicted molar refractivity (Wildman–Crippen MR) is 82.9 cm³/mol. The van der Waals surface area contributed by atoms with Gasteiger partial charge in [-0.2, -0.15) is 0 Å². The fourth-order valence-corrected chi connectivity index (χ4v) is 2.39. The summed E-state index contributed by atoms with van der Waals surface area (Å²) in [4.78, 5) is 14.5. The van der Waals surface area contributed by atoms with Crippen LogP contribution in [0.3, 0.4) is 0 Å². The molecule has 0 radical (unpaired) electrons. The summed E-state index contributed by atoms with van der Waals surface area (Å²) in [6.45, 7) is 8.57. The fraction of sp³-hybridized carbons (Fsp3) is 0.562. The Morgan fingerprint density at radius 1 is 1.19 bits per heavy atom. The van der Waals surface area contributed by atoms with Crippen molar-refractivity contribution >= 4 is 11.7 Å². The Bertz CT molecular complexity index is 494. The normalized spacial score (nSPS) is 15.4. The molecule has 1 heterocycles. The first kappa shape index (κ1) is 15.5. The minimum Gasteiger partial charge on any atom is -0.454 e. The highest BCUT2D eigenvalue weighted by Gasteiger charge is 2.24. The van der Waals surface area contributed by atoms with E-state index in [1.807, 2.05) is 17.0 Å². The number of urea groups is 1. The second-order valence-corrected chi connectivity index (χ2v) is 5.42. The molecule has 2 unspecified atom stereocenters. The molecule has 0 bridgehead atoms. The maximum absolute atomic E-state index is 12.6. The van der Waals surface area contributed by atoms with Gasteiger partial charge in [-0.25, -0.2) is 4.79 Å². The van der Waals surface area contributed by atoms with E-state index in [9.17, 15) is 4.79 Å². The number of nitrogens with one attached hydrogen (secondary N) is 1. The van der Waals surface area contributed by atoms with Gasteiger partial charge in [0.15, 0.2) is 11.5 Å². The molecule has 2 amide bonds. The lowest BCUT2D eigenvalue weighted by Crippen LogP contribution is -2.46. The quantitative estimate of drug-likeness (QED) is 0.897. The molecule has 1 aliphatic rings. The molecule has 5 nitrogen and oxygen atoms in total. The maximum Gasteiger partial charge on any atom is 0.322 e. The molecule has 21 heavy (non-hydrogen) atoms. The minimum absolute atomic E-state index is 0.0717. The van der Waals surface area contributed by atoms with E-state index in [0.717, 1.165) is 18.5 Å². The lowest BCUT2D eigenvalue weighted by Gasteiger charge is -2.33. The van der Waals surface area contributed by atoms with Gasteiger partial charge in [0.1, 0.15) is 0 Å². The SMILES string of the molecule is CCC(C)N(C(=O)Nc1ccc2c(c1)OCO2)C(C)CC. The van der Waals surface area contributed by atoms with Gasteiger partial charge < -0.3 is 19.7 Å². The number of carbonyl (C=O) groups excluding carboxylic acids is 1. The molecular weight excluding hydrogens is 268 g/mol. The van der Waals surface area contributed by atoms with Gasteiger partial charge in [-0.05, 0) is 38.8 Å². The summed E-state index contributed by atoms with van der Waals surface area (Å²) in [7, 11) is 0. The van der Waals surface area contributed by atoms with E-state index in [4.69, 9.17) is 9.47 Å². The molecular formula is C16H24N2O3. The molecule has 1 aromatic rings. The van der Waals surface area contributed by atoms with Crippen LogP contribution in [0.1, 0.15) is 40.5 Å². The molecule has 0 aliphatic carbocycles. The van der Waals surface area contributed by atoms with E-state index in [1.165, 1.54) is 0 Å².